The molecule has 0 aliphatic carbocycles. The molecule has 3 heterocycles. The lowest BCUT2D eigenvalue weighted by molar-refractivity contribution is -0.366. The third-order valence-electron chi connectivity index (χ3n) is 8.55. The van der Waals surface area contributed by atoms with Gasteiger partial charge in [0.1, 0.15) is 73.2 Å². The molecule has 14 N–H and O–H groups in total. The van der Waals surface area contributed by atoms with E-state index in [1.807, 2.05) is 0 Å². The lowest BCUT2D eigenvalue weighted by atomic mass is 9.96. The topological polar surface area (TPSA) is 360 Å². The van der Waals surface area contributed by atoms with E-state index in [9.17, 15) is 65.4 Å². The van der Waals surface area contributed by atoms with Gasteiger partial charge in [0.2, 0.25) is 17.7 Å². The number of hydrogen-bond donors (Lipinski definition) is 14. The smallest absolute Gasteiger partial charge is 0.248 e. The van der Waals surface area contributed by atoms with Crippen LogP contribution in [-0.4, -0.2) is 232 Å². The van der Waals surface area contributed by atoms with Crippen LogP contribution in [0.2, 0.25) is 0 Å². The summed E-state index contributed by atoms with van der Waals surface area (Å²) in [5.74, 6) is -1.44. The zero-order chi connectivity index (χ0) is 39.4. The van der Waals surface area contributed by atoms with E-state index in [1.165, 1.54) is 11.9 Å². The highest BCUT2D eigenvalue weighted by atomic mass is 16.7. The number of aliphatic hydroxyl groups excluding tert-OH is 10. The van der Waals surface area contributed by atoms with E-state index >= 15 is 0 Å². The van der Waals surface area contributed by atoms with Crippen LogP contribution < -0.4 is 21.5 Å². The molecule has 0 radical (unpaired) electrons. The molecule has 0 aromatic heterocycles. The van der Waals surface area contributed by atoms with Gasteiger partial charge in [-0.2, -0.15) is 0 Å². The summed E-state index contributed by atoms with van der Waals surface area (Å²) >= 11 is 0. The number of nitrogens with zero attached hydrogens (tertiary/aromatic N) is 1. The van der Waals surface area contributed by atoms with Crippen LogP contribution in [0.4, 0.5) is 0 Å². The monoisotopic (exact) mass is 775 g/mol. The van der Waals surface area contributed by atoms with Gasteiger partial charge in [0.15, 0.2) is 18.9 Å². The largest absolute Gasteiger partial charge is 0.394 e. The standard InChI is InChI=1S/C29H53N5O19/c1-3-31-16(38)7-34(6-15(37)30-2)8-17(39)33-32-4-5-48-28-25(47)26(53-29-24(46)22(44)19(41)13(10-36)51-29)20(42)14(52-28)11-49-27-23(45)21(43)18(40)12(9-35)50-27/h12-14,18-29,32,35-36,40-47H,3-11H2,1-2H3,(H,30,37)(H,31,38)(H,33,39)/t12-,13-,14-,18-,19-,20-,21+,22+,23+,24+,25+,26+,27+,28+,29-/m1/s1. The molecule has 0 unspecified atom stereocenters. The average molecular weight is 776 g/mol. The van der Waals surface area contributed by atoms with E-state index in [0.717, 1.165) is 0 Å². The molecule has 3 rings (SSSR count). The normalized spacial score (nSPS) is 37.6. The molecule has 3 saturated heterocycles. The van der Waals surface area contributed by atoms with Crippen LogP contribution in [0.1, 0.15) is 6.92 Å². The fraction of sp³-hybridized carbons (Fsp3) is 0.897. The van der Waals surface area contributed by atoms with E-state index in [4.69, 9.17) is 28.4 Å². The van der Waals surface area contributed by atoms with Gasteiger partial charge in [-0.15, -0.1) is 0 Å². The molecular formula is C29H53N5O19. The molecule has 0 bridgehead atoms. The van der Waals surface area contributed by atoms with Crippen molar-refractivity contribution in [3.8, 4) is 0 Å². The predicted octanol–water partition coefficient (Wildman–Crippen LogP) is -9.74. The molecular weight excluding hydrogens is 722 g/mol. The Morgan fingerprint density at radius 3 is 1.75 bits per heavy atom. The summed E-state index contributed by atoms with van der Waals surface area (Å²) in [5.41, 5.74) is 4.94. The zero-order valence-corrected chi connectivity index (χ0v) is 29.1. The Kier molecular flexibility index (Phi) is 18.5. The highest BCUT2D eigenvalue weighted by molar-refractivity contribution is 5.83. The van der Waals surface area contributed by atoms with Crippen molar-refractivity contribution in [2.24, 2.45) is 0 Å². The van der Waals surface area contributed by atoms with E-state index in [1.54, 1.807) is 6.92 Å². The van der Waals surface area contributed by atoms with Crippen LogP contribution in [0.5, 0.6) is 0 Å². The number of carbonyl (C=O) groups excluding carboxylic acids is 3. The molecule has 0 spiro atoms. The Morgan fingerprint density at radius 1 is 0.642 bits per heavy atom. The maximum atomic E-state index is 12.5. The Labute approximate surface area is 303 Å². The molecule has 3 fully saturated rings. The highest BCUT2D eigenvalue weighted by Gasteiger charge is 2.52. The minimum atomic E-state index is -1.92. The summed E-state index contributed by atoms with van der Waals surface area (Å²) in [4.78, 5) is 37.7. The fourth-order valence-corrected chi connectivity index (χ4v) is 5.60. The van der Waals surface area contributed by atoms with Crippen LogP contribution >= 0.6 is 0 Å². The van der Waals surface area contributed by atoms with Crippen molar-refractivity contribution in [1.82, 2.24) is 26.4 Å². The number of hydrogen-bond acceptors (Lipinski definition) is 21. The summed E-state index contributed by atoms with van der Waals surface area (Å²) in [6.07, 6.45) is -25.4. The predicted molar refractivity (Wildman–Crippen MR) is 170 cm³/mol. The Morgan fingerprint density at radius 2 is 1.17 bits per heavy atom. The van der Waals surface area contributed by atoms with Crippen molar-refractivity contribution in [2.45, 2.75) is 99.0 Å². The molecule has 0 aromatic carbocycles. The summed E-state index contributed by atoms with van der Waals surface area (Å²) in [6.45, 7) is -1.33. The first-order valence-corrected chi connectivity index (χ1v) is 16.9. The van der Waals surface area contributed by atoms with Gasteiger partial charge in [0, 0.05) is 20.1 Å². The summed E-state index contributed by atoms with van der Waals surface area (Å²) in [6, 6.07) is 0. The number of nitrogens with one attached hydrogen (secondary N) is 4. The third kappa shape index (κ3) is 12.3. The molecule has 3 aliphatic rings. The van der Waals surface area contributed by atoms with Crippen LogP contribution in [0, 0.1) is 0 Å². The molecule has 3 aliphatic heterocycles. The van der Waals surface area contributed by atoms with Gasteiger partial charge >= 0.3 is 0 Å². The summed E-state index contributed by atoms with van der Waals surface area (Å²) in [5, 5.41) is 108. The van der Waals surface area contributed by atoms with Crippen molar-refractivity contribution < 1.29 is 93.9 Å². The first kappa shape index (κ1) is 45.1. The summed E-state index contributed by atoms with van der Waals surface area (Å²) in [7, 11) is 1.40. The van der Waals surface area contributed by atoms with Crippen LogP contribution in [-0.2, 0) is 42.8 Å². The van der Waals surface area contributed by atoms with Crippen molar-refractivity contribution in [2.75, 3.05) is 66.2 Å². The highest BCUT2D eigenvalue weighted by Crippen LogP contribution is 2.31. The van der Waals surface area contributed by atoms with E-state index in [0.29, 0.717) is 6.54 Å². The van der Waals surface area contributed by atoms with Gasteiger partial charge in [0.05, 0.1) is 46.1 Å². The molecule has 308 valence electrons. The molecule has 24 nitrogen and oxygen atoms in total. The van der Waals surface area contributed by atoms with Crippen molar-refractivity contribution in [3.63, 3.8) is 0 Å². The Balaban J connectivity index is 1.65. The summed E-state index contributed by atoms with van der Waals surface area (Å²) < 4.78 is 33.1. The molecule has 15 atom stereocenters. The Hall–Kier alpha value is -2.31. The van der Waals surface area contributed by atoms with Crippen molar-refractivity contribution in [3.05, 3.63) is 0 Å². The second-order valence-electron chi connectivity index (χ2n) is 12.5. The fourth-order valence-electron chi connectivity index (χ4n) is 5.60. The van der Waals surface area contributed by atoms with Gasteiger partial charge in [0.25, 0.3) is 0 Å². The van der Waals surface area contributed by atoms with E-state index < -0.39 is 130 Å². The molecule has 24 heteroatoms. The number of hydrazine groups is 1. The van der Waals surface area contributed by atoms with Gasteiger partial charge in [-0.25, -0.2) is 5.43 Å². The lowest BCUT2D eigenvalue weighted by Gasteiger charge is -2.46. The van der Waals surface area contributed by atoms with Gasteiger partial charge < -0.3 is 90.1 Å². The quantitative estimate of drug-likeness (QED) is 0.0428. The minimum absolute atomic E-state index is 0.114. The first-order valence-electron chi connectivity index (χ1n) is 16.9. The van der Waals surface area contributed by atoms with E-state index in [2.05, 4.69) is 21.5 Å². The maximum absolute atomic E-state index is 12.5. The van der Waals surface area contributed by atoms with Crippen LogP contribution in [0.15, 0.2) is 0 Å². The average Bonchev–Trinajstić information content (AvgIpc) is 3.13. The molecule has 3 amide bonds. The van der Waals surface area contributed by atoms with E-state index in [-0.39, 0.29) is 32.8 Å². The SMILES string of the molecule is CCNC(=O)CN(CC(=O)NC)CC(=O)NNCCO[C@H]1O[C@H](CO[C@H]2O[C@H](CO)[C@@H](O)[C@H](O)[C@@H]2O)[C@@H](O)[C@H](O[C@H]2O[C@H](CO)[C@@H](O)[C@H](O)[C@@H]2O)[C@@H]1O. The lowest BCUT2D eigenvalue weighted by Crippen LogP contribution is -2.65. The molecule has 0 aromatic rings. The number of ether oxygens (including phenoxy) is 6. The molecule has 53 heavy (non-hydrogen) atoms. The first-order chi connectivity index (χ1) is 25.2. The van der Waals surface area contributed by atoms with Gasteiger partial charge in [-0.05, 0) is 6.92 Å². The third-order valence-corrected chi connectivity index (χ3v) is 8.55. The molecule has 0 saturated carbocycles. The maximum Gasteiger partial charge on any atom is 0.248 e. The number of rotatable bonds is 19. The number of carbonyl (C=O) groups is 3. The van der Waals surface area contributed by atoms with Crippen LogP contribution in [0.25, 0.3) is 0 Å². The minimum Gasteiger partial charge on any atom is -0.394 e. The van der Waals surface area contributed by atoms with Gasteiger partial charge in [-0.1, -0.05) is 0 Å². The zero-order valence-electron chi connectivity index (χ0n) is 29.1. The number of amides is 3. The number of aliphatic hydroxyl groups is 10. The second-order valence-corrected chi connectivity index (χ2v) is 12.5. The van der Waals surface area contributed by atoms with Gasteiger partial charge in [-0.3, -0.25) is 24.7 Å². The van der Waals surface area contributed by atoms with Crippen molar-refractivity contribution in [1.29, 1.82) is 0 Å². The second kappa shape index (κ2) is 21.7. The number of likely N-dealkylation sites (N-methyl/N-ethyl adjacent to an activating group) is 2. The Bertz CT molecular complexity index is 1140. The van der Waals surface area contributed by atoms with Crippen molar-refractivity contribution >= 4 is 17.7 Å². The van der Waals surface area contributed by atoms with Crippen LogP contribution in [0.3, 0.4) is 0 Å².